The van der Waals surface area contributed by atoms with Gasteiger partial charge in [0, 0.05) is 24.3 Å². The first-order chi connectivity index (χ1) is 40.9. The van der Waals surface area contributed by atoms with Crippen molar-refractivity contribution in [2.45, 2.75) is 105 Å². The van der Waals surface area contributed by atoms with Crippen LogP contribution in [0, 0.1) is 0 Å². The lowest BCUT2D eigenvalue weighted by Crippen LogP contribution is -2.60. The molecule has 0 saturated carbocycles. The highest BCUT2D eigenvalue weighted by Gasteiger charge is 2.50. The van der Waals surface area contributed by atoms with E-state index in [2.05, 4.69) is 0 Å². The van der Waals surface area contributed by atoms with Crippen LogP contribution in [0.3, 0.4) is 0 Å². The molecule has 30 nitrogen and oxygen atoms in total. The Bertz CT molecular complexity index is 3180. The van der Waals surface area contributed by atoms with E-state index in [1.54, 1.807) is 0 Å². The molecule has 4 aliphatic heterocycles. The summed E-state index contributed by atoms with van der Waals surface area (Å²) in [6, 6.07) is 14.2. The van der Waals surface area contributed by atoms with Gasteiger partial charge in [-0.05, 0) is 65.7 Å². The molecule has 15 N–H and O–H groups in total. The Labute approximate surface area is 485 Å². The van der Waals surface area contributed by atoms with Crippen LogP contribution in [-0.2, 0) is 52.3 Å². The molecule has 0 aromatic heterocycles. The molecule has 8 rings (SSSR count). The Balaban J connectivity index is 1.03. The molecule has 0 spiro atoms. The number of carbonyl (C=O) groups is 4. The van der Waals surface area contributed by atoms with Gasteiger partial charge in [0.25, 0.3) is 11.9 Å². The van der Waals surface area contributed by atoms with Crippen molar-refractivity contribution in [3.05, 3.63) is 107 Å². The monoisotopic (exact) mass is 1210 g/mol. The van der Waals surface area contributed by atoms with Gasteiger partial charge in [-0.3, -0.25) is 9.59 Å². The highest BCUT2D eigenvalue weighted by atomic mass is 16.7. The minimum absolute atomic E-state index is 0.00175. The number of rotatable bonds is 21. The number of aromatic hydroxyl groups is 5. The van der Waals surface area contributed by atoms with Gasteiger partial charge in [-0.25, -0.2) is 9.59 Å². The molecule has 3 fully saturated rings. The van der Waals surface area contributed by atoms with E-state index in [1.165, 1.54) is 81.0 Å². The van der Waals surface area contributed by atoms with E-state index in [0.717, 1.165) is 30.4 Å². The summed E-state index contributed by atoms with van der Waals surface area (Å²) in [5.74, 6) is -7.19. The topological polar surface area (TPSA) is 466 Å². The quantitative estimate of drug-likeness (QED) is 0.0150. The summed E-state index contributed by atoms with van der Waals surface area (Å²) in [5.41, 5.74) is 0.737. The number of carboxylic acid groups (broad SMARTS) is 1. The molecular formula is C56H61O30+. The number of carbonyl (C=O) groups excluding carboxylic acids is 3. The van der Waals surface area contributed by atoms with Crippen molar-refractivity contribution in [2.75, 3.05) is 34.0 Å². The molecule has 0 radical (unpaired) electrons. The highest BCUT2D eigenvalue weighted by molar-refractivity contribution is 5.90. The van der Waals surface area contributed by atoms with Gasteiger partial charge in [0.2, 0.25) is 18.9 Å². The minimum atomic E-state index is -2.07. The molecule has 4 aliphatic rings. The molecule has 4 aromatic rings. The van der Waals surface area contributed by atoms with Crippen molar-refractivity contribution in [3.63, 3.8) is 0 Å². The maximum Gasteiger partial charge on any atom is 0.330 e. The lowest BCUT2D eigenvalue weighted by Gasteiger charge is -2.41. The van der Waals surface area contributed by atoms with Crippen molar-refractivity contribution < 1.29 is 148 Å². The summed E-state index contributed by atoms with van der Waals surface area (Å²) >= 11 is 0. The zero-order valence-corrected chi connectivity index (χ0v) is 45.1. The molecule has 16 atom stereocenters. The molecule has 0 bridgehead atoms. The van der Waals surface area contributed by atoms with Crippen LogP contribution in [0.15, 0.2) is 84.6 Å². The van der Waals surface area contributed by atoms with Gasteiger partial charge in [-0.1, -0.05) is 12.1 Å². The number of hydrogen-bond acceptors (Lipinski definition) is 28. The van der Waals surface area contributed by atoms with E-state index in [-0.39, 0.29) is 51.4 Å². The number of benzene rings is 4. The third-order valence-electron chi connectivity index (χ3n) is 13.7. The predicted molar refractivity (Wildman–Crippen MR) is 283 cm³/mol. The summed E-state index contributed by atoms with van der Waals surface area (Å²) in [6.07, 6.45) is -24.8. The molecule has 464 valence electrons. The zero-order valence-electron chi connectivity index (χ0n) is 45.1. The fourth-order valence-electron chi connectivity index (χ4n) is 9.02. The second kappa shape index (κ2) is 27.7. The number of phenolic OH excluding ortho intramolecular Hbond substituents is 4. The Kier molecular flexibility index (Phi) is 20.4. The third-order valence-corrected chi connectivity index (χ3v) is 13.7. The van der Waals surface area contributed by atoms with E-state index in [1.807, 2.05) is 0 Å². The van der Waals surface area contributed by atoms with Crippen molar-refractivity contribution >= 4 is 42.1 Å². The number of aliphatic hydroxyl groups is 10. The standard InChI is InChI=1S/C56H60O30/c1-75-33-13-23(3-8-28(33)57)5-11-41(63)77-20-37-44(66)47(69)50(72)54(84-37)80-26-16-31(60)27-18-36(83-56-52(74)49(71)46(68)39(86-56)22-79-43(65)19-40(61)62)53(81-32(27)17-26)25-7-10-30(59)35(15-25)82-55-51(73)48(70)45(67)38(85-55)21-78-42(64)12-6-24-4-9-29(58)34(14-24)76-2/h3-18,37-39,44-60,66-74H,19-22H2,1-2H3,(H,61,62)/p+1/b11-5+,12-6+/t37-,38+,39-,44-,45-,46-,47-,48-,49-,50+,51+,52-,53?,54+,55+,56+/m0/s1. The Hall–Kier alpha value is -8.50. The molecule has 4 heterocycles. The fraction of sp³-hybridized carbons (Fsp3) is 0.393. The number of ether oxygens (including phenoxy) is 12. The fourth-order valence-corrected chi connectivity index (χ4v) is 9.02. The molecule has 0 amide bonds. The van der Waals surface area contributed by atoms with Crippen molar-refractivity contribution in [2.24, 2.45) is 0 Å². The summed E-state index contributed by atoms with van der Waals surface area (Å²) in [4.78, 5) is 48.6. The van der Waals surface area contributed by atoms with E-state index < -0.39 is 166 Å². The number of fused-ring (bicyclic) bond motifs is 1. The maximum atomic E-state index is 12.7. The van der Waals surface area contributed by atoms with Gasteiger partial charge < -0.3 is 128 Å². The van der Waals surface area contributed by atoms with Crippen LogP contribution in [-0.4, -0.2) is 226 Å². The number of esters is 3. The van der Waals surface area contributed by atoms with Crippen LogP contribution >= 0.6 is 0 Å². The van der Waals surface area contributed by atoms with Crippen molar-refractivity contribution in [3.8, 4) is 51.7 Å². The first-order valence-corrected chi connectivity index (χ1v) is 26.0. The highest BCUT2D eigenvalue weighted by Crippen LogP contribution is 2.47. The SMILES string of the molecule is COc1cc(/C=C/C(=O)OC[C@@H]2O[C@@H](Oc3cc(O)c4c(c3)[OH+]C(c3ccc(O)c(O[C@@H]5O[C@H](COC(=O)/C=C/c6ccc(O)c(OC)c6)[C@H](O)[C@H](O)[C@H]5O)c3)C(O[C@@H]3O[C@@H](COC(=O)CC(=O)O)[C@H](O)[C@H](O)[C@@H]3O)=C4)[C@H](O)[C@@H](O)[C@H]2O)ccc1O. The first kappa shape index (κ1) is 63.5. The van der Waals surface area contributed by atoms with Crippen LogP contribution in [0.25, 0.3) is 18.2 Å². The van der Waals surface area contributed by atoms with Crippen LogP contribution in [0.5, 0.6) is 51.7 Å². The summed E-state index contributed by atoms with van der Waals surface area (Å²) in [7, 11) is 2.66. The molecule has 0 aliphatic carbocycles. The molecule has 30 heteroatoms. The number of carboxylic acids is 1. The number of aliphatic carboxylic acids is 1. The summed E-state index contributed by atoms with van der Waals surface area (Å²) < 4.78 is 65.3. The third kappa shape index (κ3) is 14.9. The Morgan fingerprint density at radius 2 is 0.965 bits per heavy atom. The second-order valence-electron chi connectivity index (χ2n) is 19.6. The second-order valence-corrected chi connectivity index (χ2v) is 19.6. The van der Waals surface area contributed by atoms with Gasteiger partial charge in [-0.2, -0.15) is 0 Å². The minimum Gasteiger partial charge on any atom is -0.571 e. The van der Waals surface area contributed by atoms with E-state index in [0.29, 0.717) is 11.1 Å². The van der Waals surface area contributed by atoms with E-state index >= 15 is 0 Å². The average Bonchev–Trinajstić information content (AvgIpc) is 1.48. The van der Waals surface area contributed by atoms with Crippen LogP contribution in [0.1, 0.15) is 34.8 Å². The summed E-state index contributed by atoms with van der Waals surface area (Å²) in [5, 5.41) is 150. The maximum absolute atomic E-state index is 12.7. The van der Waals surface area contributed by atoms with Crippen LogP contribution in [0.4, 0.5) is 0 Å². The first-order valence-electron chi connectivity index (χ1n) is 26.0. The van der Waals surface area contributed by atoms with Crippen LogP contribution in [0.2, 0.25) is 0 Å². The number of hydrogen-bond donors (Lipinski definition) is 14. The van der Waals surface area contributed by atoms with Crippen molar-refractivity contribution in [1.29, 1.82) is 0 Å². The lowest BCUT2D eigenvalue weighted by atomic mass is 9.98. The largest absolute Gasteiger partial charge is 0.571 e. The molecule has 1 unspecified atom stereocenters. The van der Waals surface area contributed by atoms with Gasteiger partial charge in [0.15, 0.2) is 40.3 Å². The van der Waals surface area contributed by atoms with Gasteiger partial charge in [0.1, 0.15) is 117 Å². The Morgan fingerprint density at radius 1 is 0.512 bits per heavy atom. The number of phenols is 4. The van der Waals surface area contributed by atoms with Gasteiger partial charge >= 0.3 is 23.9 Å². The number of aliphatic hydroxyl groups excluding tert-OH is 9. The van der Waals surface area contributed by atoms with E-state index in [4.69, 9.17) is 61.9 Å². The molecule has 3 saturated heterocycles. The molecule has 4 aromatic carbocycles. The molecule has 86 heavy (non-hydrogen) atoms. The van der Waals surface area contributed by atoms with Gasteiger partial charge in [0.05, 0.1) is 25.8 Å². The summed E-state index contributed by atoms with van der Waals surface area (Å²) in [6.45, 7) is -2.23. The van der Waals surface area contributed by atoms with E-state index in [9.17, 15) is 85.6 Å². The van der Waals surface area contributed by atoms with Crippen molar-refractivity contribution in [1.82, 2.24) is 0 Å². The molecular weight excluding hydrogens is 1150 g/mol. The smallest absolute Gasteiger partial charge is 0.330 e. The Morgan fingerprint density at radius 3 is 1.45 bits per heavy atom. The lowest BCUT2D eigenvalue weighted by molar-refractivity contribution is -0.296. The number of methoxy groups -OCH3 is 2. The normalized spacial score (nSPS) is 28.9. The zero-order chi connectivity index (χ0) is 62.3. The van der Waals surface area contributed by atoms with Gasteiger partial charge in [-0.15, -0.1) is 0 Å². The van der Waals surface area contributed by atoms with Crippen LogP contribution < -0.4 is 18.9 Å². The predicted octanol–water partition coefficient (Wildman–Crippen LogP) is -1.41. The average molecular weight is 1210 g/mol.